The van der Waals surface area contributed by atoms with Crippen LogP contribution in [0.4, 0.5) is 5.69 Å². The zero-order chi connectivity index (χ0) is 16.2. The lowest BCUT2D eigenvalue weighted by Crippen LogP contribution is -2.43. The summed E-state index contributed by atoms with van der Waals surface area (Å²) in [7, 11) is 1.60. The van der Waals surface area contributed by atoms with E-state index in [1.807, 2.05) is 12.1 Å². The third-order valence-corrected chi connectivity index (χ3v) is 4.88. The summed E-state index contributed by atoms with van der Waals surface area (Å²) in [6.45, 7) is 1.98. The maximum absolute atomic E-state index is 6.12. The van der Waals surface area contributed by atoms with E-state index in [4.69, 9.17) is 22.1 Å². The summed E-state index contributed by atoms with van der Waals surface area (Å²) < 4.78 is 5.15. The van der Waals surface area contributed by atoms with Crippen LogP contribution in [0.3, 0.4) is 0 Å². The lowest BCUT2D eigenvalue weighted by atomic mass is 10.0. The number of nitrogens with zero attached hydrogens (tertiary/aromatic N) is 2. The van der Waals surface area contributed by atoms with E-state index in [1.165, 1.54) is 38.6 Å². The normalized spacial score (nSPS) is 21.9. The molecule has 3 N–H and O–H groups in total. The van der Waals surface area contributed by atoms with Crippen molar-refractivity contribution < 1.29 is 4.74 Å². The minimum absolute atomic E-state index is 0. The molecule has 1 aliphatic heterocycles. The number of methoxy groups -OCH3 is 1. The molecule has 1 unspecified atom stereocenters. The van der Waals surface area contributed by atoms with Gasteiger partial charge in [0.05, 0.1) is 18.7 Å². The van der Waals surface area contributed by atoms with Gasteiger partial charge in [-0.05, 0) is 50.4 Å². The summed E-state index contributed by atoms with van der Waals surface area (Å²) in [5.41, 5.74) is 6.85. The van der Waals surface area contributed by atoms with Gasteiger partial charge in [0, 0.05) is 17.8 Å². The number of nitrogens with one attached hydrogen (secondary N) is 1. The van der Waals surface area contributed by atoms with Crippen molar-refractivity contribution in [1.82, 2.24) is 4.90 Å². The number of hydrogen-bond acceptors (Lipinski definition) is 3. The van der Waals surface area contributed by atoms with E-state index in [0.717, 1.165) is 18.3 Å². The van der Waals surface area contributed by atoms with E-state index in [1.54, 1.807) is 13.2 Å². The first-order valence-electron chi connectivity index (χ1n) is 8.33. The SMILES string of the molecule is COc1ccc(NC(N)=NCC2CCCCN2C2CC2)cc1Cl.I. The third kappa shape index (κ3) is 5.13. The van der Waals surface area contributed by atoms with Crippen LogP contribution < -0.4 is 15.8 Å². The number of likely N-dealkylation sites (tertiary alicyclic amines) is 1. The van der Waals surface area contributed by atoms with Crippen LogP contribution >= 0.6 is 35.6 Å². The highest BCUT2D eigenvalue weighted by Gasteiger charge is 2.34. The number of rotatable bonds is 5. The van der Waals surface area contributed by atoms with Crippen LogP contribution in [-0.4, -0.2) is 43.1 Å². The Labute approximate surface area is 166 Å². The first kappa shape index (κ1) is 19.6. The maximum atomic E-state index is 6.12. The molecule has 1 aromatic rings. The van der Waals surface area contributed by atoms with Crippen molar-refractivity contribution in [2.24, 2.45) is 10.7 Å². The number of benzene rings is 1. The van der Waals surface area contributed by atoms with Crippen LogP contribution in [0.25, 0.3) is 0 Å². The largest absolute Gasteiger partial charge is 0.495 e. The number of aliphatic imine (C=N–C) groups is 1. The first-order valence-corrected chi connectivity index (χ1v) is 8.71. The monoisotopic (exact) mass is 464 g/mol. The van der Waals surface area contributed by atoms with E-state index in [9.17, 15) is 0 Å². The van der Waals surface area contributed by atoms with Crippen LogP contribution in [0.5, 0.6) is 5.75 Å². The highest BCUT2D eigenvalue weighted by molar-refractivity contribution is 14.0. The molecular weight excluding hydrogens is 439 g/mol. The van der Waals surface area contributed by atoms with Gasteiger partial charge < -0.3 is 15.8 Å². The second-order valence-corrected chi connectivity index (χ2v) is 6.73. The topological polar surface area (TPSA) is 62.9 Å². The van der Waals surface area contributed by atoms with Gasteiger partial charge in [0.15, 0.2) is 5.96 Å². The Hall–Kier alpha value is -0.730. The highest BCUT2D eigenvalue weighted by atomic mass is 127. The van der Waals surface area contributed by atoms with Gasteiger partial charge in [-0.25, -0.2) is 0 Å². The Morgan fingerprint density at radius 3 is 2.83 bits per heavy atom. The first-order chi connectivity index (χ1) is 11.2. The molecule has 0 spiro atoms. The van der Waals surface area contributed by atoms with Crippen molar-refractivity contribution in [3.63, 3.8) is 0 Å². The molecule has 1 atom stereocenters. The third-order valence-electron chi connectivity index (χ3n) is 4.59. The number of halogens is 2. The minimum atomic E-state index is 0. The van der Waals surface area contributed by atoms with E-state index < -0.39 is 0 Å². The summed E-state index contributed by atoms with van der Waals surface area (Å²) >= 11 is 6.12. The van der Waals surface area contributed by atoms with Crippen LogP contribution in [0, 0.1) is 0 Å². The molecule has 0 amide bonds. The number of piperidine rings is 1. The summed E-state index contributed by atoms with van der Waals surface area (Å²) in [5, 5.41) is 3.66. The van der Waals surface area contributed by atoms with E-state index >= 15 is 0 Å². The van der Waals surface area contributed by atoms with Crippen LogP contribution in [0.1, 0.15) is 32.1 Å². The van der Waals surface area contributed by atoms with Gasteiger partial charge in [-0.2, -0.15) is 0 Å². The van der Waals surface area contributed by atoms with Crippen LogP contribution in [0.15, 0.2) is 23.2 Å². The van der Waals surface area contributed by atoms with Crippen LogP contribution in [-0.2, 0) is 0 Å². The summed E-state index contributed by atoms with van der Waals surface area (Å²) in [6, 6.07) is 6.82. The average molecular weight is 465 g/mol. The molecule has 2 fully saturated rings. The summed E-state index contributed by atoms with van der Waals surface area (Å²) in [4.78, 5) is 7.17. The molecule has 1 saturated carbocycles. The quantitative estimate of drug-likeness (QED) is 0.396. The van der Waals surface area contributed by atoms with E-state index in [2.05, 4.69) is 15.2 Å². The predicted octanol–water partition coefficient (Wildman–Crippen LogP) is 3.71. The lowest BCUT2D eigenvalue weighted by molar-refractivity contribution is 0.144. The average Bonchev–Trinajstić information content (AvgIpc) is 3.38. The van der Waals surface area contributed by atoms with Gasteiger partial charge in [-0.3, -0.25) is 9.89 Å². The predicted molar refractivity (Wildman–Crippen MR) is 111 cm³/mol. The fraction of sp³-hybridized carbons (Fsp3) is 0.588. The molecule has 5 nitrogen and oxygen atoms in total. The standard InChI is InChI=1S/C17H25ClN4O.HI/c1-23-16-8-5-12(10-15(16)18)21-17(19)20-11-14-4-2-3-9-22(14)13-6-7-13;/h5,8,10,13-14H,2-4,6-7,9,11H2,1H3,(H3,19,20,21);1H. The second-order valence-electron chi connectivity index (χ2n) is 6.32. The van der Waals surface area contributed by atoms with Crippen molar-refractivity contribution >= 4 is 47.2 Å². The number of anilines is 1. The molecule has 1 saturated heterocycles. The number of guanidine groups is 1. The number of ether oxygens (including phenoxy) is 1. The molecule has 134 valence electrons. The van der Waals surface area contributed by atoms with Gasteiger partial charge in [0.1, 0.15) is 5.75 Å². The molecule has 0 radical (unpaired) electrons. The Balaban J connectivity index is 0.00000208. The van der Waals surface area contributed by atoms with Crippen molar-refractivity contribution in [3.8, 4) is 5.75 Å². The van der Waals surface area contributed by atoms with Crippen LogP contribution in [0.2, 0.25) is 5.02 Å². The zero-order valence-electron chi connectivity index (χ0n) is 14.0. The highest BCUT2D eigenvalue weighted by Crippen LogP contribution is 2.32. The smallest absolute Gasteiger partial charge is 0.193 e. The summed E-state index contributed by atoms with van der Waals surface area (Å²) in [5.74, 6) is 1.09. The molecule has 24 heavy (non-hydrogen) atoms. The van der Waals surface area contributed by atoms with Crippen molar-refractivity contribution in [1.29, 1.82) is 0 Å². The van der Waals surface area contributed by atoms with Crippen molar-refractivity contribution in [2.75, 3.05) is 25.5 Å². The Bertz CT molecular complexity index is 580. The number of nitrogens with two attached hydrogens (primary N) is 1. The fourth-order valence-electron chi connectivity index (χ4n) is 3.24. The molecular formula is C17H26ClIN4O. The lowest BCUT2D eigenvalue weighted by Gasteiger charge is -2.35. The molecule has 7 heteroatoms. The van der Waals surface area contributed by atoms with Gasteiger partial charge in [0.25, 0.3) is 0 Å². The maximum Gasteiger partial charge on any atom is 0.193 e. The van der Waals surface area contributed by atoms with E-state index in [0.29, 0.717) is 22.8 Å². The molecule has 3 rings (SSSR count). The van der Waals surface area contributed by atoms with Gasteiger partial charge in [-0.15, -0.1) is 24.0 Å². The molecule has 1 aliphatic carbocycles. The fourth-order valence-corrected chi connectivity index (χ4v) is 3.50. The molecule has 1 aromatic carbocycles. The van der Waals surface area contributed by atoms with Crippen molar-refractivity contribution in [3.05, 3.63) is 23.2 Å². The van der Waals surface area contributed by atoms with Gasteiger partial charge in [0.2, 0.25) is 0 Å². The second kappa shape index (κ2) is 9.10. The summed E-state index contributed by atoms with van der Waals surface area (Å²) in [6.07, 6.45) is 6.53. The zero-order valence-corrected chi connectivity index (χ0v) is 17.1. The molecule has 1 heterocycles. The van der Waals surface area contributed by atoms with Crippen molar-refractivity contribution in [2.45, 2.75) is 44.2 Å². The van der Waals surface area contributed by atoms with E-state index in [-0.39, 0.29) is 24.0 Å². The minimum Gasteiger partial charge on any atom is -0.495 e. The molecule has 0 bridgehead atoms. The number of hydrogen-bond donors (Lipinski definition) is 2. The Morgan fingerprint density at radius 1 is 1.38 bits per heavy atom. The van der Waals surface area contributed by atoms with Gasteiger partial charge in [-0.1, -0.05) is 18.0 Å². The molecule has 2 aliphatic rings. The molecule has 0 aromatic heterocycles. The Kier molecular flexibility index (Phi) is 7.43. The Morgan fingerprint density at radius 2 is 2.17 bits per heavy atom. The van der Waals surface area contributed by atoms with Gasteiger partial charge >= 0.3 is 0 Å².